The summed E-state index contributed by atoms with van der Waals surface area (Å²) in [5.41, 5.74) is 7.95. The van der Waals surface area contributed by atoms with Crippen LogP contribution in [0.4, 0.5) is 0 Å². The van der Waals surface area contributed by atoms with E-state index in [4.69, 9.17) is 0 Å². The van der Waals surface area contributed by atoms with Crippen LogP contribution in [0.25, 0.3) is 0 Å². The van der Waals surface area contributed by atoms with E-state index in [0.29, 0.717) is 0 Å². The maximum absolute atomic E-state index is 12.0. The van der Waals surface area contributed by atoms with Crippen molar-refractivity contribution in [2.45, 2.75) is 12.0 Å². The molecule has 1 heterocycles. The Morgan fingerprint density at radius 3 is 1.94 bits per heavy atom. The highest BCUT2D eigenvalue weighted by Crippen LogP contribution is 2.33. The van der Waals surface area contributed by atoms with Crippen molar-refractivity contribution >= 4 is 5.91 Å². The minimum absolute atomic E-state index is 0.0129. The third-order valence-electron chi connectivity index (χ3n) is 3.28. The van der Waals surface area contributed by atoms with Gasteiger partial charge in [-0.2, -0.15) is 0 Å². The average Bonchev–Trinajstić information content (AvgIpc) is 2.83. The molecule has 2 N–H and O–H groups in total. The van der Waals surface area contributed by atoms with E-state index in [9.17, 15) is 4.79 Å². The molecule has 3 nitrogen and oxygen atoms in total. The molecule has 2 atom stereocenters. The Morgan fingerprint density at radius 2 is 1.33 bits per heavy atom. The predicted octanol–water partition coefficient (Wildman–Crippen LogP) is 2.15. The normalized spacial score (nSPS) is 22.8. The van der Waals surface area contributed by atoms with E-state index in [1.807, 2.05) is 60.7 Å². The van der Waals surface area contributed by atoms with Crippen LogP contribution in [0.15, 0.2) is 60.7 Å². The third-order valence-corrected chi connectivity index (χ3v) is 3.28. The third kappa shape index (κ3) is 1.89. The lowest BCUT2D eigenvalue weighted by molar-refractivity contribution is -0.120. The topological polar surface area (TPSA) is 41.1 Å². The van der Waals surface area contributed by atoms with Crippen LogP contribution < -0.4 is 10.9 Å². The van der Waals surface area contributed by atoms with Crippen molar-refractivity contribution in [1.29, 1.82) is 0 Å². The number of carbonyl (C=O) groups excluding carboxylic acids is 1. The largest absolute Gasteiger partial charge is 0.290 e. The number of hydrogen-bond donors (Lipinski definition) is 2. The van der Waals surface area contributed by atoms with Gasteiger partial charge in [-0.3, -0.25) is 10.2 Å². The minimum atomic E-state index is -0.173. The van der Waals surface area contributed by atoms with Crippen molar-refractivity contribution in [3.8, 4) is 0 Å². The van der Waals surface area contributed by atoms with E-state index in [1.54, 1.807) is 0 Å². The van der Waals surface area contributed by atoms with Crippen LogP contribution in [0, 0.1) is 0 Å². The predicted molar refractivity (Wildman–Crippen MR) is 69.6 cm³/mol. The smallest absolute Gasteiger partial charge is 0.243 e. The second kappa shape index (κ2) is 4.63. The van der Waals surface area contributed by atoms with Crippen LogP contribution in [-0.2, 0) is 4.79 Å². The molecule has 2 aromatic carbocycles. The summed E-state index contributed by atoms with van der Waals surface area (Å²) >= 11 is 0. The maximum Gasteiger partial charge on any atom is 0.243 e. The molecule has 0 saturated carbocycles. The molecule has 1 aliphatic heterocycles. The number of amides is 1. The lowest BCUT2D eigenvalue weighted by Crippen LogP contribution is -2.27. The summed E-state index contributed by atoms with van der Waals surface area (Å²) in [5.74, 6) is -0.149. The number of benzene rings is 2. The first kappa shape index (κ1) is 11.0. The fraction of sp³-hybridized carbons (Fsp3) is 0.133. The van der Waals surface area contributed by atoms with Crippen LogP contribution in [-0.4, -0.2) is 5.91 Å². The van der Waals surface area contributed by atoms with Crippen LogP contribution in [0.3, 0.4) is 0 Å². The Balaban J connectivity index is 1.98. The molecule has 2 aromatic rings. The molecule has 1 amide bonds. The summed E-state index contributed by atoms with van der Waals surface area (Å²) in [4.78, 5) is 12.0. The van der Waals surface area contributed by atoms with Gasteiger partial charge >= 0.3 is 0 Å². The maximum atomic E-state index is 12.0. The highest BCUT2D eigenvalue weighted by molar-refractivity contribution is 5.86. The summed E-state index contributed by atoms with van der Waals surface area (Å²) in [5, 5.41) is 0. The first-order valence-electron chi connectivity index (χ1n) is 6.01. The van der Waals surface area contributed by atoms with Crippen LogP contribution in [0.5, 0.6) is 0 Å². The summed E-state index contributed by atoms with van der Waals surface area (Å²) < 4.78 is 0. The zero-order valence-electron chi connectivity index (χ0n) is 9.84. The molecule has 0 aliphatic carbocycles. The van der Waals surface area contributed by atoms with E-state index in [-0.39, 0.29) is 17.9 Å². The van der Waals surface area contributed by atoms with Gasteiger partial charge in [0.25, 0.3) is 0 Å². The van der Waals surface area contributed by atoms with E-state index >= 15 is 0 Å². The molecular weight excluding hydrogens is 224 g/mol. The van der Waals surface area contributed by atoms with Crippen molar-refractivity contribution < 1.29 is 4.79 Å². The SMILES string of the molecule is O=C1NN[C@H](c2ccccc2)[C@H]1c1ccccc1. The Kier molecular flexibility index (Phi) is 2.82. The molecule has 3 rings (SSSR count). The first-order chi connectivity index (χ1) is 8.86. The Morgan fingerprint density at radius 1 is 0.778 bits per heavy atom. The lowest BCUT2D eigenvalue weighted by Gasteiger charge is -2.17. The van der Waals surface area contributed by atoms with Crippen LogP contribution in [0.1, 0.15) is 23.1 Å². The molecule has 0 radical (unpaired) electrons. The number of hydrogen-bond acceptors (Lipinski definition) is 2. The standard InChI is InChI=1S/C15H14N2O/c18-15-13(11-7-3-1-4-8-11)14(16-17-15)12-9-5-2-6-10-12/h1-10,13-14,16H,(H,17,18)/t13-,14-/m1/s1. The first-order valence-corrected chi connectivity index (χ1v) is 6.01. The Bertz CT molecular complexity index is 539. The Labute approximate surface area is 106 Å². The highest BCUT2D eigenvalue weighted by atomic mass is 16.2. The molecule has 1 aliphatic rings. The second-order valence-electron chi connectivity index (χ2n) is 4.41. The quantitative estimate of drug-likeness (QED) is 0.841. The van der Waals surface area contributed by atoms with Gasteiger partial charge in [-0.15, -0.1) is 0 Å². The van der Waals surface area contributed by atoms with Gasteiger partial charge in [-0.1, -0.05) is 60.7 Å². The summed E-state index contributed by atoms with van der Waals surface area (Å²) in [7, 11) is 0. The molecule has 1 fully saturated rings. The summed E-state index contributed by atoms with van der Waals surface area (Å²) in [6.07, 6.45) is 0. The number of nitrogens with one attached hydrogen (secondary N) is 2. The summed E-state index contributed by atoms with van der Waals surface area (Å²) in [6, 6.07) is 19.9. The van der Waals surface area contributed by atoms with Crippen LogP contribution >= 0.6 is 0 Å². The zero-order chi connectivity index (χ0) is 12.4. The minimum Gasteiger partial charge on any atom is -0.290 e. The average molecular weight is 238 g/mol. The molecule has 3 heteroatoms. The highest BCUT2D eigenvalue weighted by Gasteiger charge is 2.36. The number of hydrazine groups is 1. The second-order valence-corrected chi connectivity index (χ2v) is 4.41. The van der Waals surface area contributed by atoms with E-state index in [0.717, 1.165) is 11.1 Å². The van der Waals surface area contributed by atoms with E-state index in [2.05, 4.69) is 10.9 Å². The number of rotatable bonds is 2. The van der Waals surface area contributed by atoms with Gasteiger partial charge in [0.1, 0.15) is 0 Å². The van der Waals surface area contributed by atoms with Crippen molar-refractivity contribution in [3.05, 3.63) is 71.8 Å². The van der Waals surface area contributed by atoms with E-state index in [1.165, 1.54) is 0 Å². The van der Waals surface area contributed by atoms with Gasteiger partial charge in [0.2, 0.25) is 5.91 Å². The molecule has 0 unspecified atom stereocenters. The van der Waals surface area contributed by atoms with Gasteiger partial charge in [0.15, 0.2) is 0 Å². The van der Waals surface area contributed by atoms with Gasteiger partial charge < -0.3 is 0 Å². The lowest BCUT2D eigenvalue weighted by atomic mass is 9.88. The van der Waals surface area contributed by atoms with Gasteiger partial charge in [-0.25, -0.2) is 5.43 Å². The van der Waals surface area contributed by atoms with Crippen molar-refractivity contribution in [1.82, 2.24) is 10.9 Å². The zero-order valence-corrected chi connectivity index (χ0v) is 9.84. The molecule has 18 heavy (non-hydrogen) atoms. The summed E-state index contributed by atoms with van der Waals surface area (Å²) in [6.45, 7) is 0. The molecule has 90 valence electrons. The Hall–Kier alpha value is -2.13. The van der Waals surface area contributed by atoms with E-state index < -0.39 is 0 Å². The molecule has 0 bridgehead atoms. The van der Waals surface area contributed by atoms with Gasteiger partial charge in [-0.05, 0) is 11.1 Å². The molecule has 0 spiro atoms. The van der Waals surface area contributed by atoms with Crippen molar-refractivity contribution in [3.63, 3.8) is 0 Å². The number of carbonyl (C=O) groups is 1. The molecule has 1 saturated heterocycles. The van der Waals surface area contributed by atoms with Crippen LogP contribution in [0.2, 0.25) is 0 Å². The van der Waals surface area contributed by atoms with Crippen molar-refractivity contribution in [2.24, 2.45) is 0 Å². The van der Waals surface area contributed by atoms with Gasteiger partial charge in [0.05, 0.1) is 12.0 Å². The fourth-order valence-corrected chi connectivity index (χ4v) is 2.40. The molecular formula is C15H14N2O. The monoisotopic (exact) mass is 238 g/mol. The van der Waals surface area contributed by atoms with Crippen molar-refractivity contribution in [2.75, 3.05) is 0 Å². The molecule has 0 aromatic heterocycles. The fourth-order valence-electron chi connectivity index (χ4n) is 2.40. The van der Waals surface area contributed by atoms with Gasteiger partial charge in [0, 0.05) is 0 Å².